The maximum Gasteiger partial charge on any atom is 0.317 e. The van der Waals surface area contributed by atoms with Crippen LogP contribution >= 0.6 is 0 Å². The lowest BCUT2D eigenvalue weighted by Gasteiger charge is -2.44. The van der Waals surface area contributed by atoms with E-state index in [1.165, 1.54) is 0 Å². The van der Waals surface area contributed by atoms with E-state index in [4.69, 9.17) is 23.7 Å². The third-order valence-electron chi connectivity index (χ3n) is 3.84. The molecule has 1 N–H and O–H groups in total. The Labute approximate surface area is 177 Å². The molecule has 1 rings (SSSR count). The van der Waals surface area contributed by atoms with Gasteiger partial charge in [-0.15, -0.1) is 0 Å². The van der Waals surface area contributed by atoms with Gasteiger partial charge in [-0.25, -0.2) is 0 Å². The fourth-order valence-corrected chi connectivity index (χ4v) is 2.75. The van der Waals surface area contributed by atoms with Gasteiger partial charge < -0.3 is 33.7 Å². The van der Waals surface area contributed by atoms with E-state index in [2.05, 4.69) is 10.1 Å². The molecule has 1 aliphatic heterocycles. The average Bonchev–Trinajstić information content (AvgIpc) is 2.63. The number of ether oxygens (including phenoxy) is 6. The van der Waals surface area contributed by atoms with E-state index in [9.17, 15) is 28.8 Å². The first-order valence-corrected chi connectivity index (χ1v) is 9.11. The second kappa shape index (κ2) is 11.8. The van der Waals surface area contributed by atoms with Crippen LogP contribution in [0.5, 0.6) is 0 Å². The van der Waals surface area contributed by atoms with Crippen LogP contribution in [0.1, 0.15) is 34.1 Å². The molecule has 0 bridgehead atoms. The van der Waals surface area contributed by atoms with Crippen LogP contribution < -0.4 is 5.32 Å². The first kappa shape index (κ1) is 25.8. The first-order chi connectivity index (χ1) is 14.4. The summed E-state index contributed by atoms with van der Waals surface area (Å²) in [5.41, 5.74) is 0. The number of esters is 5. The number of carbonyl (C=O) groups excluding carboxylic acids is 6. The molecule has 13 heteroatoms. The van der Waals surface area contributed by atoms with E-state index in [1.54, 1.807) is 0 Å². The molecule has 0 spiro atoms. The SMILES string of the molecule is COC(=O)CC(=O)O[C@@H]1[C@@H](NC(C)=O)[C@H](OC(C)=O)O[C@H](COC(C)=O)[C@H]1OC(C)=O. The zero-order valence-corrected chi connectivity index (χ0v) is 17.7. The molecule has 0 aromatic rings. The van der Waals surface area contributed by atoms with Gasteiger partial charge in [0.1, 0.15) is 25.2 Å². The maximum atomic E-state index is 12.2. The molecule has 1 aliphatic rings. The van der Waals surface area contributed by atoms with Crippen molar-refractivity contribution >= 4 is 35.8 Å². The highest BCUT2D eigenvalue weighted by molar-refractivity contribution is 5.91. The minimum atomic E-state index is -1.50. The standard InChI is InChI=1S/C18H25NO12/c1-8(20)19-15-17(31-14(25)6-13(24)26-5)16(28-10(3)22)12(7-27-9(2)21)30-18(15)29-11(4)23/h12,15-18H,6-7H2,1-5H3,(H,19,20)/t12-,15-,16-,17-,18-/m1/s1. The van der Waals surface area contributed by atoms with Crippen LogP contribution in [0.4, 0.5) is 0 Å². The third kappa shape index (κ3) is 8.58. The summed E-state index contributed by atoms with van der Waals surface area (Å²) in [7, 11) is 1.07. The number of nitrogens with one attached hydrogen (secondary N) is 1. The molecular formula is C18H25NO12. The Kier molecular flexibility index (Phi) is 9.86. The quantitative estimate of drug-likeness (QED) is 0.267. The number of methoxy groups -OCH3 is 1. The summed E-state index contributed by atoms with van der Waals surface area (Å²) in [6, 6.07) is -1.32. The zero-order valence-electron chi connectivity index (χ0n) is 17.7. The molecule has 0 aliphatic carbocycles. The normalized spacial score (nSPS) is 24.9. The van der Waals surface area contributed by atoms with Gasteiger partial charge in [0, 0.05) is 27.7 Å². The highest BCUT2D eigenvalue weighted by atomic mass is 16.7. The van der Waals surface area contributed by atoms with E-state index in [0.717, 1.165) is 34.8 Å². The van der Waals surface area contributed by atoms with Crippen molar-refractivity contribution in [1.29, 1.82) is 0 Å². The van der Waals surface area contributed by atoms with Gasteiger partial charge in [0.2, 0.25) is 12.2 Å². The number of amides is 1. The highest BCUT2D eigenvalue weighted by Gasteiger charge is 2.52. The lowest BCUT2D eigenvalue weighted by atomic mass is 9.96. The molecule has 0 aromatic carbocycles. The van der Waals surface area contributed by atoms with Crippen LogP contribution in [-0.4, -0.2) is 80.1 Å². The van der Waals surface area contributed by atoms with Crippen LogP contribution in [0.25, 0.3) is 0 Å². The van der Waals surface area contributed by atoms with Crippen molar-refractivity contribution in [3.8, 4) is 0 Å². The molecule has 13 nitrogen and oxygen atoms in total. The van der Waals surface area contributed by atoms with E-state index in [1.807, 2.05) is 0 Å². The number of carbonyl (C=O) groups is 6. The summed E-state index contributed by atoms with van der Waals surface area (Å²) in [5.74, 6) is -4.86. The summed E-state index contributed by atoms with van der Waals surface area (Å²) in [6.07, 6.45) is -6.37. The van der Waals surface area contributed by atoms with Gasteiger partial charge >= 0.3 is 29.8 Å². The predicted octanol–water partition coefficient (Wildman–Crippen LogP) is -1.25. The fourth-order valence-electron chi connectivity index (χ4n) is 2.75. The average molecular weight is 447 g/mol. The third-order valence-corrected chi connectivity index (χ3v) is 3.84. The summed E-state index contributed by atoms with van der Waals surface area (Å²) < 4.78 is 30.5. The molecule has 31 heavy (non-hydrogen) atoms. The molecule has 0 unspecified atom stereocenters. The summed E-state index contributed by atoms with van der Waals surface area (Å²) in [5, 5.41) is 2.41. The molecule has 0 aromatic heterocycles. The Hall–Kier alpha value is -3.22. The Bertz CT molecular complexity index is 720. The van der Waals surface area contributed by atoms with E-state index in [0.29, 0.717) is 0 Å². The van der Waals surface area contributed by atoms with Crippen LogP contribution in [0.15, 0.2) is 0 Å². The van der Waals surface area contributed by atoms with Crippen molar-refractivity contribution in [3.05, 3.63) is 0 Å². The van der Waals surface area contributed by atoms with Crippen LogP contribution in [0, 0.1) is 0 Å². The second-order valence-corrected chi connectivity index (χ2v) is 6.46. The molecule has 1 saturated heterocycles. The van der Waals surface area contributed by atoms with Crippen molar-refractivity contribution in [3.63, 3.8) is 0 Å². The van der Waals surface area contributed by atoms with E-state index < -0.39 is 79.4 Å². The van der Waals surface area contributed by atoms with Gasteiger partial charge in [0.25, 0.3) is 0 Å². The van der Waals surface area contributed by atoms with Gasteiger partial charge in [-0.1, -0.05) is 0 Å². The minimum Gasteiger partial charge on any atom is -0.469 e. The molecule has 0 saturated carbocycles. The van der Waals surface area contributed by atoms with Crippen molar-refractivity contribution in [2.24, 2.45) is 0 Å². The lowest BCUT2D eigenvalue weighted by molar-refractivity contribution is -0.271. The van der Waals surface area contributed by atoms with Crippen molar-refractivity contribution in [2.45, 2.75) is 64.8 Å². The molecule has 1 amide bonds. The second-order valence-electron chi connectivity index (χ2n) is 6.46. The predicted molar refractivity (Wildman–Crippen MR) is 96.7 cm³/mol. The largest absolute Gasteiger partial charge is 0.469 e. The maximum absolute atomic E-state index is 12.2. The summed E-state index contributed by atoms with van der Waals surface area (Å²) >= 11 is 0. The van der Waals surface area contributed by atoms with Gasteiger partial charge in [0.15, 0.2) is 12.2 Å². The highest BCUT2D eigenvalue weighted by Crippen LogP contribution is 2.28. The molecule has 1 fully saturated rings. The topological polar surface area (TPSA) is 170 Å². The first-order valence-electron chi connectivity index (χ1n) is 9.11. The Morgan fingerprint density at radius 3 is 1.90 bits per heavy atom. The van der Waals surface area contributed by atoms with E-state index >= 15 is 0 Å². The number of rotatable bonds is 8. The summed E-state index contributed by atoms with van der Waals surface area (Å²) in [6.45, 7) is 3.96. The Balaban J connectivity index is 3.35. The van der Waals surface area contributed by atoms with Gasteiger partial charge in [0.05, 0.1) is 7.11 Å². The molecule has 174 valence electrons. The monoisotopic (exact) mass is 447 g/mol. The summed E-state index contributed by atoms with van der Waals surface area (Å²) in [4.78, 5) is 69.8. The number of hydrogen-bond acceptors (Lipinski definition) is 12. The van der Waals surface area contributed by atoms with E-state index in [-0.39, 0.29) is 0 Å². The molecule has 5 atom stereocenters. The lowest BCUT2D eigenvalue weighted by Crippen LogP contribution is -2.66. The minimum absolute atomic E-state index is 0.455. The van der Waals surface area contributed by atoms with Crippen LogP contribution in [-0.2, 0) is 57.2 Å². The van der Waals surface area contributed by atoms with Gasteiger partial charge in [-0.2, -0.15) is 0 Å². The Morgan fingerprint density at radius 1 is 0.806 bits per heavy atom. The Morgan fingerprint density at radius 2 is 1.42 bits per heavy atom. The smallest absolute Gasteiger partial charge is 0.317 e. The van der Waals surface area contributed by atoms with Crippen molar-refractivity contribution in [2.75, 3.05) is 13.7 Å². The van der Waals surface area contributed by atoms with Crippen molar-refractivity contribution in [1.82, 2.24) is 5.32 Å². The molecule has 0 radical (unpaired) electrons. The number of hydrogen-bond donors (Lipinski definition) is 1. The fraction of sp³-hybridized carbons (Fsp3) is 0.667. The zero-order chi connectivity index (χ0) is 23.7. The van der Waals surface area contributed by atoms with Gasteiger partial charge in [-0.3, -0.25) is 28.8 Å². The van der Waals surface area contributed by atoms with Crippen LogP contribution in [0.2, 0.25) is 0 Å². The molecular weight excluding hydrogens is 422 g/mol. The molecule has 1 heterocycles. The van der Waals surface area contributed by atoms with Gasteiger partial charge in [-0.05, 0) is 0 Å². The van der Waals surface area contributed by atoms with Crippen LogP contribution in [0.3, 0.4) is 0 Å². The van der Waals surface area contributed by atoms with Crippen molar-refractivity contribution < 1.29 is 57.2 Å².